The number of nitrogens with zero attached hydrogens (tertiary/aromatic N) is 2. The Bertz CT molecular complexity index is 3300. The fourth-order valence-electron chi connectivity index (χ4n) is 9.45. The van der Waals surface area contributed by atoms with E-state index in [1.807, 2.05) is 6.08 Å². The first-order valence-electron chi connectivity index (χ1n) is 22.7. The van der Waals surface area contributed by atoms with Crippen molar-refractivity contribution in [2.24, 2.45) is 0 Å². The first kappa shape index (κ1) is 41.1. The van der Waals surface area contributed by atoms with Crippen LogP contribution in [0.2, 0.25) is 0 Å². The number of aryl methyl sites for hydroxylation is 2. The van der Waals surface area contributed by atoms with Gasteiger partial charge in [0.15, 0.2) is 0 Å². The highest BCUT2D eigenvalue weighted by atomic mass is 15.1. The zero-order chi connectivity index (χ0) is 44.3. The van der Waals surface area contributed by atoms with Crippen molar-refractivity contribution in [1.29, 1.82) is 0 Å². The van der Waals surface area contributed by atoms with E-state index >= 15 is 0 Å². The van der Waals surface area contributed by atoms with Crippen molar-refractivity contribution in [2.45, 2.75) is 33.6 Å². The molecule has 65 heavy (non-hydrogen) atoms. The Balaban J connectivity index is 1.02. The van der Waals surface area contributed by atoms with Crippen LogP contribution in [0.4, 0.5) is 11.4 Å². The van der Waals surface area contributed by atoms with Crippen molar-refractivity contribution in [1.82, 2.24) is 4.57 Å². The van der Waals surface area contributed by atoms with Gasteiger partial charge in [-0.25, -0.2) is 0 Å². The smallest absolute Gasteiger partial charge is 0.0541 e. The zero-order valence-corrected chi connectivity index (χ0v) is 37.4. The molecule has 0 unspecified atom stereocenters. The minimum atomic E-state index is 0.920. The van der Waals surface area contributed by atoms with Crippen LogP contribution in [0.3, 0.4) is 0 Å². The average molecular weight is 837 g/mol. The Kier molecular flexibility index (Phi) is 11.4. The summed E-state index contributed by atoms with van der Waals surface area (Å²) in [5.41, 5.74) is 21.8. The molecule has 2 nitrogen and oxygen atoms in total. The quantitative estimate of drug-likeness (QED) is 0.118. The van der Waals surface area contributed by atoms with Gasteiger partial charge >= 0.3 is 0 Å². The third-order valence-corrected chi connectivity index (χ3v) is 12.7. The Morgan fingerprint density at radius 1 is 0.492 bits per heavy atom. The van der Waals surface area contributed by atoms with Gasteiger partial charge in [0.2, 0.25) is 0 Å². The van der Waals surface area contributed by atoms with Crippen molar-refractivity contribution in [2.75, 3.05) is 4.90 Å². The van der Waals surface area contributed by atoms with Crippen molar-refractivity contribution >= 4 is 33.2 Å². The summed E-state index contributed by atoms with van der Waals surface area (Å²) in [7, 11) is 0. The van der Waals surface area contributed by atoms with E-state index in [0.29, 0.717) is 0 Å². The molecule has 0 amide bonds. The van der Waals surface area contributed by atoms with E-state index in [0.717, 1.165) is 24.2 Å². The molecule has 8 aromatic carbocycles. The Labute approximate surface area is 383 Å². The Morgan fingerprint density at radius 2 is 1.00 bits per heavy atom. The van der Waals surface area contributed by atoms with Crippen LogP contribution in [-0.2, 0) is 0 Å². The van der Waals surface area contributed by atoms with E-state index in [2.05, 4.69) is 255 Å². The number of hydrogen-bond acceptors (Lipinski definition) is 1. The van der Waals surface area contributed by atoms with Gasteiger partial charge in [0.25, 0.3) is 0 Å². The fraction of sp³-hybridized carbons (Fsp3) is 0.0794. The molecule has 1 aliphatic carbocycles. The third-order valence-electron chi connectivity index (χ3n) is 12.7. The van der Waals surface area contributed by atoms with Gasteiger partial charge in [-0.3, -0.25) is 0 Å². The lowest BCUT2D eigenvalue weighted by atomic mass is 9.93. The van der Waals surface area contributed by atoms with Crippen LogP contribution >= 0.6 is 0 Å². The topological polar surface area (TPSA) is 8.17 Å². The molecule has 0 saturated heterocycles. The third kappa shape index (κ3) is 8.35. The van der Waals surface area contributed by atoms with Crippen molar-refractivity contribution in [3.8, 4) is 50.2 Å². The van der Waals surface area contributed by atoms with Crippen LogP contribution < -0.4 is 4.90 Å². The molecule has 0 bridgehead atoms. The lowest BCUT2D eigenvalue weighted by molar-refractivity contribution is 0.885. The molecule has 0 N–H and O–H groups in total. The maximum atomic E-state index is 3.97. The molecule has 9 aromatic rings. The summed E-state index contributed by atoms with van der Waals surface area (Å²) < 4.78 is 2.41. The maximum absolute atomic E-state index is 3.97. The van der Waals surface area contributed by atoms with Gasteiger partial charge in [0, 0.05) is 33.5 Å². The molecule has 1 heterocycles. The summed E-state index contributed by atoms with van der Waals surface area (Å²) in [5, 5.41) is 2.49. The SMILES string of the molecule is C=C/C=C(\C=C/C)C1=CC=C(N(c2ccc(-c3ccccc3)cc2)c2ccc(-c3cc(C)cc(-c4ccc5c(c4)c4cc(-c6ccccc6)ccc4n5-c4ccc(C)cc4)c3)cc2)CC1. The zero-order valence-electron chi connectivity index (χ0n) is 37.4. The van der Waals surface area contributed by atoms with Crippen LogP contribution in [0.5, 0.6) is 0 Å². The summed E-state index contributed by atoms with van der Waals surface area (Å²) in [6.07, 6.45) is 14.7. The number of rotatable bonds is 11. The van der Waals surface area contributed by atoms with Crippen LogP contribution in [0.15, 0.2) is 248 Å². The predicted octanol–water partition coefficient (Wildman–Crippen LogP) is 17.5. The molecule has 0 fully saturated rings. The van der Waals surface area contributed by atoms with Crippen LogP contribution in [0.25, 0.3) is 72.0 Å². The van der Waals surface area contributed by atoms with Crippen LogP contribution in [0, 0.1) is 13.8 Å². The summed E-state index contributed by atoms with van der Waals surface area (Å²) in [4.78, 5) is 2.42. The lowest BCUT2D eigenvalue weighted by Crippen LogP contribution is -2.18. The number of aromatic nitrogens is 1. The van der Waals surface area contributed by atoms with E-state index in [1.165, 1.54) is 100.0 Å². The molecule has 1 aromatic heterocycles. The largest absolute Gasteiger partial charge is 0.314 e. The minimum absolute atomic E-state index is 0.920. The molecule has 0 saturated carbocycles. The number of anilines is 2. The molecule has 0 aliphatic heterocycles. The van der Waals surface area contributed by atoms with Gasteiger partial charge < -0.3 is 9.47 Å². The van der Waals surface area contributed by atoms with Gasteiger partial charge in [-0.1, -0.05) is 164 Å². The molecule has 2 heteroatoms. The maximum Gasteiger partial charge on any atom is 0.0541 e. The molecule has 314 valence electrons. The number of hydrogen-bond donors (Lipinski definition) is 0. The molecular weight excluding hydrogens is 785 g/mol. The van der Waals surface area contributed by atoms with E-state index in [4.69, 9.17) is 0 Å². The average Bonchev–Trinajstić information content (AvgIpc) is 3.68. The molecular formula is C63H52N2. The van der Waals surface area contributed by atoms with Crippen molar-refractivity contribution in [3.63, 3.8) is 0 Å². The second-order valence-corrected chi connectivity index (χ2v) is 17.1. The number of fused-ring (bicyclic) bond motifs is 3. The standard InChI is InChI=1S/C63H52N2/c1-5-13-46(14-6-2)49-21-31-56(32-22-49)64(57-33-23-50(24-34-57)47-15-9-7-10-16-47)58-35-25-51(26-36-58)54-39-45(4)40-55(41-54)53-28-38-63-61(43-53)60-42-52(48-17-11-8-12-18-48)27-37-62(60)65(63)59-29-19-44(3)20-30-59/h5-21,23-31,33-43H,1,22,32H2,2-4H3/b14-6-,46-13+. The van der Waals surface area contributed by atoms with Gasteiger partial charge in [0.05, 0.1) is 11.0 Å². The molecule has 1 aliphatic rings. The molecule has 0 spiro atoms. The van der Waals surface area contributed by atoms with Gasteiger partial charge in [-0.05, 0) is 168 Å². The summed E-state index contributed by atoms with van der Waals surface area (Å²) >= 11 is 0. The Morgan fingerprint density at radius 3 is 1.54 bits per heavy atom. The second kappa shape index (κ2) is 18.0. The van der Waals surface area contributed by atoms with Crippen LogP contribution in [0.1, 0.15) is 30.9 Å². The number of allylic oxidation sites excluding steroid dienone is 9. The van der Waals surface area contributed by atoms with E-state index in [9.17, 15) is 0 Å². The normalized spacial score (nSPS) is 13.0. The van der Waals surface area contributed by atoms with Crippen molar-refractivity contribution in [3.05, 3.63) is 259 Å². The van der Waals surface area contributed by atoms with Crippen LogP contribution in [-0.4, -0.2) is 4.57 Å². The van der Waals surface area contributed by atoms with E-state index in [1.54, 1.807) is 0 Å². The molecule has 10 rings (SSSR count). The summed E-state index contributed by atoms with van der Waals surface area (Å²) in [5.74, 6) is 0. The van der Waals surface area contributed by atoms with E-state index in [-0.39, 0.29) is 0 Å². The monoisotopic (exact) mass is 836 g/mol. The fourth-order valence-corrected chi connectivity index (χ4v) is 9.45. The summed E-state index contributed by atoms with van der Waals surface area (Å²) in [6, 6.07) is 69.1. The van der Waals surface area contributed by atoms with Gasteiger partial charge in [0.1, 0.15) is 0 Å². The summed E-state index contributed by atoms with van der Waals surface area (Å²) in [6.45, 7) is 10.4. The highest BCUT2D eigenvalue weighted by molar-refractivity contribution is 6.11. The number of benzene rings is 8. The first-order chi connectivity index (χ1) is 31.9. The molecule has 0 radical (unpaired) electrons. The highest BCUT2D eigenvalue weighted by Crippen LogP contribution is 2.40. The predicted molar refractivity (Wildman–Crippen MR) is 279 cm³/mol. The van der Waals surface area contributed by atoms with E-state index < -0.39 is 0 Å². The highest BCUT2D eigenvalue weighted by Gasteiger charge is 2.20. The lowest BCUT2D eigenvalue weighted by Gasteiger charge is -2.30. The minimum Gasteiger partial charge on any atom is -0.314 e. The Hall–Kier alpha value is -7.94. The van der Waals surface area contributed by atoms with Gasteiger partial charge in [-0.15, -0.1) is 0 Å². The second-order valence-electron chi connectivity index (χ2n) is 17.1. The first-order valence-corrected chi connectivity index (χ1v) is 22.7. The van der Waals surface area contributed by atoms with Gasteiger partial charge in [-0.2, -0.15) is 0 Å². The molecule has 0 atom stereocenters. The van der Waals surface area contributed by atoms with Crippen molar-refractivity contribution < 1.29 is 0 Å².